The van der Waals surface area contributed by atoms with Gasteiger partial charge in [0.1, 0.15) is 5.75 Å². The molecular weight excluding hydrogens is 254 g/mol. The number of nitrogens with two attached hydrogens (primary N) is 2. The quantitative estimate of drug-likeness (QED) is 0.528. The van der Waals surface area contributed by atoms with Crippen LogP contribution in [0, 0.1) is 0 Å². The first-order valence-corrected chi connectivity index (χ1v) is 5.20. The first-order valence-electron chi connectivity index (χ1n) is 5.20. The van der Waals surface area contributed by atoms with Crippen molar-refractivity contribution in [1.29, 1.82) is 0 Å². The Hall–Kier alpha value is -2.61. The lowest BCUT2D eigenvalue weighted by Gasteiger charge is -2.06. The number of benzene rings is 1. The second-order valence-electron chi connectivity index (χ2n) is 3.47. The third-order valence-electron chi connectivity index (χ3n) is 1.88. The van der Waals surface area contributed by atoms with Gasteiger partial charge in [-0.05, 0) is 24.3 Å². The van der Waals surface area contributed by atoms with Gasteiger partial charge in [-0.2, -0.15) is 0 Å². The number of amides is 3. The zero-order valence-corrected chi connectivity index (χ0v) is 9.92. The third-order valence-corrected chi connectivity index (χ3v) is 1.88. The number of primary amides is 2. The Morgan fingerprint density at radius 1 is 1.00 bits per heavy atom. The summed E-state index contributed by atoms with van der Waals surface area (Å²) in [4.78, 5) is 36.9. The molecule has 0 aliphatic heterocycles. The highest BCUT2D eigenvalue weighted by atomic mass is 16.7. The lowest BCUT2D eigenvalue weighted by Crippen LogP contribution is -2.29. The number of carbonyl (C=O) groups excluding carboxylic acids is 3. The van der Waals surface area contributed by atoms with E-state index in [4.69, 9.17) is 16.2 Å². The zero-order valence-electron chi connectivity index (χ0n) is 9.92. The van der Waals surface area contributed by atoms with Crippen molar-refractivity contribution in [1.82, 2.24) is 5.48 Å². The number of ether oxygens (including phenoxy) is 1. The predicted octanol–water partition coefficient (Wildman–Crippen LogP) is -1.30. The number of nitrogens with one attached hydrogen (secondary N) is 1. The van der Waals surface area contributed by atoms with Crippen LogP contribution < -0.4 is 21.7 Å². The molecule has 8 heteroatoms. The Morgan fingerprint density at radius 3 is 2.11 bits per heavy atom. The van der Waals surface area contributed by atoms with Crippen molar-refractivity contribution in [3.05, 3.63) is 29.8 Å². The molecule has 0 aromatic heterocycles. The molecule has 0 aliphatic rings. The molecule has 0 bridgehead atoms. The van der Waals surface area contributed by atoms with E-state index in [0.29, 0.717) is 5.75 Å². The maximum absolute atomic E-state index is 11.5. The molecular formula is C11H13N3O5. The SMILES string of the molecule is NC(=O)CONC(=O)c1ccc(OCC(N)=O)cc1. The summed E-state index contributed by atoms with van der Waals surface area (Å²) in [6.45, 7) is -0.654. The van der Waals surface area contributed by atoms with Gasteiger partial charge >= 0.3 is 0 Å². The van der Waals surface area contributed by atoms with E-state index in [1.807, 2.05) is 5.48 Å². The Balaban J connectivity index is 2.48. The van der Waals surface area contributed by atoms with Gasteiger partial charge in [0.05, 0.1) is 0 Å². The van der Waals surface area contributed by atoms with Crippen molar-refractivity contribution in [3.63, 3.8) is 0 Å². The molecule has 3 amide bonds. The van der Waals surface area contributed by atoms with Gasteiger partial charge in [0.15, 0.2) is 13.2 Å². The Kier molecular flexibility index (Phi) is 5.30. The largest absolute Gasteiger partial charge is 0.484 e. The van der Waals surface area contributed by atoms with Gasteiger partial charge in [0.2, 0.25) is 5.91 Å². The molecule has 5 N–H and O–H groups in total. The minimum Gasteiger partial charge on any atom is -0.484 e. The number of carbonyl (C=O) groups is 3. The standard InChI is InChI=1S/C11H13N3O5/c12-9(15)5-18-8-3-1-7(2-4-8)11(17)14-19-6-10(13)16/h1-4H,5-6H2,(H2,12,15)(H2,13,16)(H,14,17). The molecule has 102 valence electrons. The maximum atomic E-state index is 11.5. The molecule has 1 aromatic carbocycles. The van der Waals surface area contributed by atoms with Crippen LogP contribution in [0.25, 0.3) is 0 Å². The maximum Gasteiger partial charge on any atom is 0.274 e. The highest BCUT2D eigenvalue weighted by Crippen LogP contribution is 2.11. The van der Waals surface area contributed by atoms with Gasteiger partial charge in [0.25, 0.3) is 11.8 Å². The summed E-state index contributed by atoms with van der Waals surface area (Å²) in [6, 6.07) is 5.90. The first kappa shape index (κ1) is 14.5. The van der Waals surface area contributed by atoms with Crippen molar-refractivity contribution >= 4 is 17.7 Å². The normalized spacial score (nSPS) is 9.68. The van der Waals surface area contributed by atoms with Gasteiger partial charge in [-0.1, -0.05) is 0 Å². The summed E-state index contributed by atoms with van der Waals surface area (Å²) >= 11 is 0. The molecule has 0 aliphatic carbocycles. The van der Waals surface area contributed by atoms with Crippen molar-refractivity contribution in [3.8, 4) is 5.75 Å². The van der Waals surface area contributed by atoms with E-state index in [1.54, 1.807) is 0 Å². The van der Waals surface area contributed by atoms with Crippen molar-refractivity contribution in [2.45, 2.75) is 0 Å². The molecule has 0 heterocycles. The first-order chi connectivity index (χ1) is 8.99. The number of hydrogen-bond donors (Lipinski definition) is 3. The highest BCUT2D eigenvalue weighted by molar-refractivity contribution is 5.93. The minimum atomic E-state index is -0.699. The number of hydrogen-bond acceptors (Lipinski definition) is 5. The smallest absolute Gasteiger partial charge is 0.274 e. The van der Waals surface area contributed by atoms with Crippen LogP contribution in [0.5, 0.6) is 5.75 Å². The summed E-state index contributed by atoms with van der Waals surface area (Å²) in [5.41, 5.74) is 12.1. The van der Waals surface area contributed by atoms with Gasteiger partial charge in [-0.25, -0.2) is 5.48 Å². The third kappa shape index (κ3) is 5.50. The average molecular weight is 267 g/mol. The van der Waals surface area contributed by atoms with E-state index in [2.05, 4.69) is 4.84 Å². The summed E-state index contributed by atoms with van der Waals surface area (Å²) in [7, 11) is 0. The molecule has 0 saturated heterocycles. The lowest BCUT2D eigenvalue weighted by atomic mass is 10.2. The van der Waals surface area contributed by atoms with Crippen LogP contribution in [-0.2, 0) is 14.4 Å². The summed E-state index contributed by atoms with van der Waals surface area (Å²) < 4.78 is 5.02. The van der Waals surface area contributed by atoms with E-state index in [-0.39, 0.29) is 12.2 Å². The number of hydroxylamine groups is 1. The zero-order chi connectivity index (χ0) is 14.3. The van der Waals surface area contributed by atoms with Crippen LogP contribution in [0.2, 0.25) is 0 Å². The molecule has 0 spiro atoms. The molecule has 0 unspecified atom stereocenters. The van der Waals surface area contributed by atoms with E-state index in [0.717, 1.165) is 0 Å². The van der Waals surface area contributed by atoms with Crippen LogP contribution in [0.15, 0.2) is 24.3 Å². The molecule has 1 aromatic rings. The van der Waals surface area contributed by atoms with Crippen LogP contribution in [0.1, 0.15) is 10.4 Å². The average Bonchev–Trinajstić information content (AvgIpc) is 2.36. The van der Waals surface area contributed by atoms with Gasteiger partial charge in [0, 0.05) is 5.56 Å². The fourth-order valence-electron chi connectivity index (χ4n) is 1.09. The van der Waals surface area contributed by atoms with E-state index in [1.165, 1.54) is 24.3 Å². The molecule has 0 radical (unpaired) electrons. The fraction of sp³-hybridized carbons (Fsp3) is 0.182. The van der Waals surface area contributed by atoms with Crippen molar-refractivity contribution in [2.75, 3.05) is 13.2 Å². The summed E-state index contributed by atoms with van der Waals surface area (Å²) in [5, 5.41) is 0. The van der Waals surface area contributed by atoms with Crippen LogP contribution in [0.3, 0.4) is 0 Å². The number of rotatable bonds is 7. The Bertz CT molecular complexity index is 472. The molecule has 19 heavy (non-hydrogen) atoms. The second kappa shape index (κ2) is 6.97. The lowest BCUT2D eigenvalue weighted by molar-refractivity contribution is -0.124. The molecule has 0 atom stereocenters. The van der Waals surface area contributed by atoms with Crippen LogP contribution in [-0.4, -0.2) is 30.9 Å². The van der Waals surface area contributed by atoms with E-state index in [9.17, 15) is 14.4 Å². The fourth-order valence-corrected chi connectivity index (χ4v) is 1.09. The molecule has 0 fully saturated rings. The Morgan fingerprint density at radius 2 is 1.58 bits per heavy atom. The van der Waals surface area contributed by atoms with E-state index < -0.39 is 24.3 Å². The second-order valence-corrected chi connectivity index (χ2v) is 3.47. The summed E-state index contributed by atoms with van der Waals surface area (Å²) in [5.74, 6) is -1.44. The highest BCUT2D eigenvalue weighted by Gasteiger charge is 2.06. The topological polar surface area (TPSA) is 134 Å². The Labute approximate surface area is 108 Å². The molecule has 1 rings (SSSR count). The molecule has 0 saturated carbocycles. The predicted molar refractivity (Wildman–Crippen MR) is 63.7 cm³/mol. The monoisotopic (exact) mass is 267 g/mol. The van der Waals surface area contributed by atoms with Gasteiger partial charge in [-0.3, -0.25) is 19.2 Å². The molecule has 8 nitrogen and oxygen atoms in total. The van der Waals surface area contributed by atoms with E-state index >= 15 is 0 Å². The van der Waals surface area contributed by atoms with Gasteiger partial charge < -0.3 is 16.2 Å². The minimum absolute atomic E-state index is 0.243. The summed E-state index contributed by atoms with van der Waals surface area (Å²) in [6.07, 6.45) is 0. The van der Waals surface area contributed by atoms with Crippen molar-refractivity contribution < 1.29 is 24.0 Å². The van der Waals surface area contributed by atoms with Crippen LogP contribution >= 0.6 is 0 Å². The van der Waals surface area contributed by atoms with Crippen LogP contribution in [0.4, 0.5) is 0 Å². The van der Waals surface area contributed by atoms with Crippen molar-refractivity contribution in [2.24, 2.45) is 11.5 Å². The van der Waals surface area contributed by atoms with Gasteiger partial charge in [-0.15, -0.1) is 0 Å².